The molecule has 0 saturated carbocycles. The van der Waals surface area contributed by atoms with Crippen LogP contribution in [0, 0.1) is 5.82 Å². The number of carbonyl (C=O) groups is 1. The number of urea groups is 1. The Morgan fingerprint density at radius 3 is 2.40 bits per heavy atom. The highest BCUT2D eigenvalue weighted by molar-refractivity contribution is 6.42. The number of halogens is 3. The van der Waals surface area contributed by atoms with Crippen molar-refractivity contribution in [3.8, 4) is 0 Å². The summed E-state index contributed by atoms with van der Waals surface area (Å²) in [5.41, 5.74) is 1.34. The van der Waals surface area contributed by atoms with E-state index >= 15 is 0 Å². The number of benzene rings is 2. The van der Waals surface area contributed by atoms with Crippen LogP contribution in [-0.2, 0) is 6.54 Å². The Labute approximate surface area is 125 Å². The van der Waals surface area contributed by atoms with Gasteiger partial charge in [0.15, 0.2) is 0 Å². The molecule has 20 heavy (non-hydrogen) atoms. The second-order valence-electron chi connectivity index (χ2n) is 4.06. The highest BCUT2D eigenvalue weighted by Gasteiger charge is 2.04. The van der Waals surface area contributed by atoms with Gasteiger partial charge in [-0.1, -0.05) is 35.3 Å². The number of anilines is 1. The molecule has 0 spiro atoms. The zero-order valence-electron chi connectivity index (χ0n) is 10.3. The fourth-order valence-corrected chi connectivity index (χ4v) is 1.83. The quantitative estimate of drug-likeness (QED) is 0.863. The Balaban J connectivity index is 1.89. The summed E-state index contributed by atoms with van der Waals surface area (Å²) >= 11 is 11.6. The van der Waals surface area contributed by atoms with Crippen LogP contribution in [0.25, 0.3) is 0 Å². The molecular weight excluding hydrogens is 302 g/mol. The lowest BCUT2D eigenvalue weighted by Gasteiger charge is -2.08. The molecule has 2 aromatic rings. The maximum absolute atomic E-state index is 12.7. The second kappa shape index (κ2) is 6.59. The summed E-state index contributed by atoms with van der Waals surface area (Å²) in [7, 11) is 0. The van der Waals surface area contributed by atoms with Crippen LogP contribution >= 0.6 is 23.2 Å². The van der Waals surface area contributed by atoms with Crippen LogP contribution in [0.2, 0.25) is 10.0 Å². The van der Waals surface area contributed by atoms with Crippen LogP contribution in [0.5, 0.6) is 0 Å². The van der Waals surface area contributed by atoms with E-state index in [9.17, 15) is 9.18 Å². The first-order valence-electron chi connectivity index (χ1n) is 5.79. The molecule has 0 unspecified atom stereocenters. The van der Waals surface area contributed by atoms with Crippen molar-refractivity contribution in [2.75, 3.05) is 5.32 Å². The van der Waals surface area contributed by atoms with Crippen molar-refractivity contribution in [2.24, 2.45) is 0 Å². The first-order chi connectivity index (χ1) is 9.54. The van der Waals surface area contributed by atoms with Gasteiger partial charge in [-0.05, 0) is 35.9 Å². The molecule has 3 nitrogen and oxygen atoms in total. The van der Waals surface area contributed by atoms with Crippen molar-refractivity contribution < 1.29 is 9.18 Å². The number of nitrogens with one attached hydrogen (secondary N) is 2. The van der Waals surface area contributed by atoms with Gasteiger partial charge in [-0.3, -0.25) is 0 Å². The molecule has 0 heterocycles. The molecule has 0 bridgehead atoms. The smallest absolute Gasteiger partial charge is 0.319 e. The standard InChI is InChI=1S/C14H11Cl2FN2O/c15-12-6-5-11(7-13(12)16)19-14(20)18-8-9-1-3-10(17)4-2-9/h1-7H,8H2,(H2,18,19,20). The van der Waals surface area contributed by atoms with Gasteiger partial charge in [0.05, 0.1) is 10.0 Å². The molecule has 0 aliphatic carbocycles. The van der Waals surface area contributed by atoms with Gasteiger partial charge in [0.25, 0.3) is 0 Å². The highest BCUT2D eigenvalue weighted by atomic mass is 35.5. The maximum Gasteiger partial charge on any atom is 0.319 e. The summed E-state index contributed by atoms with van der Waals surface area (Å²) in [6.45, 7) is 0.299. The molecule has 0 aromatic heterocycles. The molecule has 2 N–H and O–H groups in total. The third kappa shape index (κ3) is 4.11. The van der Waals surface area contributed by atoms with Crippen molar-refractivity contribution in [1.29, 1.82) is 0 Å². The van der Waals surface area contributed by atoms with Crippen LogP contribution in [0.4, 0.5) is 14.9 Å². The van der Waals surface area contributed by atoms with E-state index in [4.69, 9.17) is 23.2 Å². The zero-order chi connectivity index (χ0) is 14.5. The van der Waals surface area contributed by atoms with Crippen LogP contribution in [-0.4, -0.2) is 6.03 Å². The Kier molecular flexibility index (Phi) is 4.82. The predicted octanol–water partition coefficient (Wildman–Crippen LogP) is 4.45. The summed E-state index contributed by atoms with van der Waals surface area (Å²) in [6, 6.07) is 10.3. The van der Waals surface area contributed by atoms with Gasteiger partial charge in [0.1, 0.15) is 5.82 Å². The first-order valence-corrected chi connectivity index (χ1v) is 6.54. The number of hydrogen-bond donors (Lipinski definition) is 2. The van der Waals surface area contributed by atoms with Crippen LogP contribution in [0.1, 0.15) is 5.56 Å². The van der Waals surface area contributed by atoms with E-state index in [1.807, 2.05) is 0 Å². The minimum Gasteiger partial charge on any atom is -0.334 e. The minimum atomic E-state index is -0.382. The van der Waals surface area contributed by atoms with E-state index in [1.165, 1.54) is 12.1 Å². The Morgan fingerprint density at radius 2 is 1.75 bits per heavy atom. The summed E-state index contributed by atoms with van der Waals surface area (Å²) in [6.07, 6.45) is 0. The molecule has 6 heteroatoms. The number of rotatable bonds is 3. The Hall–Kier alpha value is -1.78. The summed E-state index contributed by atoms with van der Waals surface area (Å²) in [5.74, 6) is -0.311. The molecular formula is C14H11Cl2FN2O. The maximum atomic E-state index is 12.7. The SMILES string of the molecule is O=C(NCc1ccc(F)cc1)Nc1ccc(Cl)c(Cl)c1. The lowest BCUT2D eigenvalue weighted by molar-refractivity contribution is 0.251. The molecule has 0 aliphatic heterocycles. The molecule has 0 fully saturated rings. The lowest BCUT2D eigenvalue weighted by Crippen LogP contribution is -2.28. The number of amides is 2. The molecule has 104 valence electrons. The largest absolute Gasteiger partial charge is 0.334 e. The third-order valence-corrected chi connectivity index (χ3v) is 3.28. The third-order valence-electron chi connectivity index (χ3n) is 2.54. The van der Waals surface area contributed by atoms with Crippen molar-refractivity contribution in [1.82, 2.24) is 5.32 Å². The van der Waals surface area contributed by atoms with Gasteiger partial charge in [0, 0.05) is 12.2 Å². The number of carbonyl (C=O) groups excluding carboxylic acids is 1. The molecule has 2 rings (SSSR count). The second-order valence-corrected chi connectivity index (χ2v) is 4.88. The zero-order valence-corrected chi connectivity index (χ0v) is 11.8. The summed E-state index contributed by atoms with van der Waals surface area (Å²) in [4.78, 5) is 11.7. The molecule has 2 amide bonds. The van der Waals surface area contributed by atoms with Gasteiger partial charge < -0.3 is 10.6 Å². The fourth-order valence-electron chi connectivity index (χ4n) is 1.53. The molecule has 0 radical (unpaired) electrons. The molecule has 0 aliphatic rings. The van der Waals surface area contributed by atoms with Gasteiger partial charge in [0.2, 0.25) is 0 Å². The van der Waals surface area contributed by atoms with Crippen molar-refractivity contribution in [3.63, 3.8) is 0 Å². The fraction of sp³-hybridized carbons (Fsp3) is 0.0714. The van der Waals surface area contributed by atoms with Crippen molar-refractivity contribution in [2.45, 2.75) is 6.54 Å². The van der Waals surface area contributed by atoms with Gasteiger partial charge >= 0.3 is 6.03 Å². The van der Waals surface area contributed by atoms with Gasteiger partial charge in [-0.2, -0.15) is 0 Å². The normalized spacial score (nSPS) is 10.2. The lowest BCUT2D eigenvalue weighted by atomic mass is 10.2. The molecule has 0 atom stereocenters. The topological polar surface area (TPSA) is 41.1 Å². The highest BCUT2D eigenvalue weighted by Crippen LogP contribution is 2.24. The monoisotopic (exact) mass is 312 g/mol. The van der Waals surface area contributed by atoms with Crippen molar-refractivity contribution in [3.05, 3.63) is 63.9 Å². The molecule has 2 aromatic carbocycles. The van der Waals surface area contributed by atoms with E-state index in [2.05, 4.69) is 10.6 Å². The Morgan fingerprint density at radius 1 is 1.05 bits per heavy atom. The van der Waals surface area contributed by atoms with E-state index in [0.29, 0.717) is 22.3 Å². The van der Waals surface area contributed by atoms with E-state index in [0.717, 1.165) is 5.56 Å². The van der Waals surface area contributed by atoms with Crippen LogP contribution in [0.3, 0.4) is 0 Å². The van der Waals surface area contributed by atoms with E-state index < -0.39 is 0 Å². The Bertz CT molecular complexity index is 617. The summed E-state index contributed by atoms with van der Waals surface area (Å²) < 4.78 is 12.7. The van der Waals surface area contributed by atoms with E-state index in [-0.39, 0.29) is 11.8 Å². The summed E-state index contributed by atoms with van der Waals surface area (Å²) in [5, 5.41) is 6.06. The minimum absolute atomic E-state index is 0.299. The van der Waals surface area contributed by atoms with Crippen LogP contribution < -0.4 is 10.6 Å². The predicted molar refractivity (Wildman–Crippen MR) is 78.7 cm³/mol. The average Bonchev–Trinajstić information content (AvgIpc) is 2.42. The van der Waals surface area contributed by atoms with E-state index in [1.54, 1.807) is 30.3 Å². The molecule has 0 saturated heterocycles. The van der Waals surface area contributed by atoms with Gasteiger partial charge in [-0.15, -0.1) is 0 Å². The van der Waals surface area contributed by atoms with Crippen molar-refractivity contribution >= 4 is 34.9 Å². The van der Waals surface area contributed by atoms with Crippen LogP contribution in [0.15, 0.2) is 42.5 Å². The van der Waals surface area contributed by atoms with Gasteiger partial charge in [-0.25, -0.2) is 9.18 Å². The number of hydrogen-bond acceptors (Lipinski definition) is 1. The average molecular weight is 313 g/mol. The first kappa shape index (κ1) is 14.6.